The zero-order valence-electron chi connectivity index (χ0n) is 14.8. The maximum absolute atomic E-state index is 11.0. The Morgan fingerprint density at radius 3 is 2.50 bits per heavy atom. The molecule has 132 valence electrons. The van der Waals surface area contributed by atoms with Crippen LogP contribution in [0.2, 0.25) is 0 Å². The molecule has 0 bridgehead atoms. The fourth-order valence-corrected chi connectivity index (χ4v) is 6.88. The van der Waals surface area contributed by atoms with Gasteiger partial charge in [0, 0.05) is 5.41 Å². The van der Waals surface area contributed by atoms with Crippen LogP contribution in [0.4, 0.5) is 0 Å². The van der Waals surface area contributed by atoms with Gasteiger partial charge in [0.05, 0.1) is 12.2 Å². The lowest BCUT2D eigenvalue weighted by molar-refractivity contribution is -0.123. The van der Waals surface area contributed by atoms with Gasteiger partial charge in [-0.3, -0.25) is 0 Å². The summed E-state index contributed by atoms with van der Waals surface area (Å²) in [6.07, 6.45) is 13.0. The van der Waals surface area contributed by atoms with Crippen LogP contribution in [0.1, 0.15) is 58.8 Å². The fraction of sp³-hybridized carbons (Fsp3) is 0.810. The van der Waals surface area contributed by atoms with E-state index in [0.29, 0.717) is 18.8 Å². The van der Waals surface area contributed by atoms with Gasteiger partial charge in [0.1, 0.15) is 5.60 Å². The molecule has 3 heteroatoms. The van der Waals surface area contributed by atoms with E-state index in [1.54, 1.807) is 0 Å². The van der Waals surface area contributed by atoms with Crippen molar-refractivity contribution < 1.29 is 15.3 Å². The molecule has 4 rings (SSSR count). The van der Waals surface area contributed by atoms with Crippen molar-refractivity contribution in [2.45, 2.75) is 76.6 Å². The third-order valence-electron chi connectivity index (χ3n) is 8.49. The summed E-state index contributed by atoms with van der Waals surface area (Å²) in [6.45, 7) is 4.47. The maximum atomic E-state index is 11.0. The minimum absolute atomic E-state index is 0.0846. The summed E-state index contributed by atoms with van der Waals surface area (Å²) in [5.74, 6) is 3.56. The van der Waals surface area contributed by atoms with Crippen LogP contribution in [0.15, 0.2) is 11.6 Å². The van der Waals surface area contributed by atoms with Gasteiger partial charge in [-0.25, -0.2) is 0 Å². The van der Waals surface area contributed by atoms with Crippen molar-refractivity contribution in [1.29, 1.82) is 0 Å². The van der Waals surface area contributed by atoms with Crippen molar-refractivity contribution in [3.8, 4) is 12.3 Å². The van der Waals surface area contributed by atoms with Crippen LogP contribution in [0, 0.1) is 40.9 Å². The summed E-state index contributed by atoms with van der Waals surface area (Å²) in [7, 11) is 0. The van der Waals surface area contributed by atoms with Crippen LogP contribution < -0.4 is 0 Å². The average molecular weight is 330 g/mol. The third kappa shape index (κ3) is 1.91. The highest BCUT2D eigenvalue weighted by Gasteiger charge is 2.64. The van der Waals surface area contributed by atoms with E-state index in [1.165, 1.54) is 5.57 Å². The molecule has 0 heterocycles. The van der Waals surface area contributed by atoms with Gasteiger partial charge in [0.2, 0.25) is 0 Å². The largest absolute Gasteiger partial charge is 0.393 e. The first-order chi connectivity index (χ1) is 11.2. The zero-order valence-corrected chi connectivity index (χ0v) is 14.8. The SMILES string of the molecule is C#C[C@]1(O)CC[C@H]2[C@H]3C(CC[C@@]21C)[C@@]1(C)CC[C@H](O)CC1=C[C@@H]3O. The molecule has 0 saturated heterocycles. The molecule has 4 aliphatic carbocycles. The van der Waals surface area contributed by atoms with Gasteiger partial charge in [0.15, 0.2) is 0 Å². The molecule has 8 atom stereocenters. The van der Waals surface area contributed by atoms with Crippen molar-refractivity contribution >= 4 is 0 Å². The summed E-state index contributed by atoms with van der Waals surface area (Å²) >= 11 is 0. The second-order valence-electron chi connectivity index (χ2n) is 9.29. The van der Waals surface area contributed by atoms with E-state index in [0.717, 1.165) is 32.1 Å². The quantitative estimate of drug-likeness (QED) is 0.473. The molecule has 4 aliphatic rings. The second kappa shape index (κ2) is 5.10. The molecule has 24 heavy (non-hydrogen) atoms. The van der Waals surface area contributed by atoms with Crippen LogP contribution in [0.3, 0.4) is 0 Å². The molecule has 3 fully saturated rings. The lowest BCUT2D eigenvalue weighted by atomic mass is 9.46. The van der Waals surface area contributed by atoms with E-state index in [2.05, 4.69) is 19.8 Å². The Hall–Kier alpha value is -0.820. The minimum atomic E-state index is -1.03. The Morgan fingerprint density at radius 2 is 1.79 bits per heavy atom. The van der Waals surface area contributed by atoms with Crippen molar-refractivity contribution in [1.82, 2.24) is 0 Å². The minimum Gasteiger partial charge on any atom is -0.393 e. The van der Waals surface area contributed by atoms with E-state index >= 15 is 0 Å². The van der Waals surface area contributed by atoms with Crippen LogP contribution in [0.5, 0.6) is 0 Å². The van der Waals surface area contributed by atoms with E-state index in [4.69, 9.17) is 6.42 Å². The van der Waals surface area contributed by atoms with Gasteiger partial charge < -0.3 is 15.3 Å². The summed E-state index contributed by atoms with van der Waals surface area (Å²) < 4.78 is 0. The van der Waals surface area contributed by atoms with Gasteiger partial charge in [-0.2, -0.15) is 0 Å². The molecule has 0 spiro atoms. The van der Waals surface area contributed by atoms with Crippen molar-refractivity contribution in [2.24, 2.45) is 28.6 Å². The first-order valence-corrected chi connectivity index (χ1v) is 9.53. The van der Waals surface area contributed by atoms with E-state index in [9.17, 15) is 15.3 Å². The second-order valence-corrected chi connectivity index (χ2v) is 9.29. The lowest BCUT2D eigenvalue weighted by Crippen LogP contribution is -2.57. The van der Waals surface area contributed by atoms with Gasteiger partial charge >= 0.3 is 0 Å². The van der Waals surface area contributed by atoms with E-state index < -0.39 is 11.7 Å². The number of rotatable bonds is 0. The van der Waals surface area contributed by atoms with Crippen LogP contribution in [-0.2, 0) is 0 Å². The predicted octanol–water partition coefficient (Wildman–Crippen LogP) is 2.65. The number of terminal acetylenes is 1. The van der Waals surface area contributed by atoms with Crippen LogP contribution in [-0.4, -0.2) is 33.1 Å². The standard InChI is InChI=1S/C21H30O3/c1-4-21(24)10-7-16-18-15(6-9-20(16,21)3)19(2)8-5-14(22)11-13(19)12-17(18)23/h1,12,14-18,22-24H,5-11H2,2-3H3/t14-,15?,16-,17-,18+,19-,20-,21-/m0/s1. The molecular formula is C21H30O3. The number of aliphatic hydroxyl groups is 3. The molecule has 0 aromatic heterocycles. The van der Waals surface area contributed by atoms with E-state index in [-0.39, 0.29) is 28.8 Å². The van der Waals surface area contributed by atoms with Crippen molar-refractivity contribution in [3.05, 3.63) is 11.6 Å². The molecule has 0 aromatic rings. The van der Waals surface area contributed by atoms with Crippen molar-refractivity contribution in [2.75, 3.05) is 0 Å². The monoisotopic (exact) mass is 330 g/mol. The highest BCUT2D eigenvalue weighted by atomic mass is 16.3. The number of hydrogen-bond donors (Lipinski definition) is 3. The molecule has 3 saturated carbocycles. The Bertz CT molecular complexity index is 619. The average Bonchev–Trinajstić information content (AvgIpc) is 2.82. The summed E-state index contributed by atoms with van der Waals surface area (Å²) in [4.78, 5) is 0. The molecule has 3 nitrogen and oxygen atoms in total. The van der Waals surface area contributed by atoms with Crippen molar-refractivity contribution in [3.63, 3.8) is 0 Å². The van der Waals surface area contributed by atoms with Gasteiger partial charge in [-0.1, -0.05) is 31.4 Å². The summed E-state index contributed by atoms with van der Waals surface area (Å²) in [5, 5.41) is 32.0. The topological polar surface area (TPSA) is 60.7 Å². The Labute approximate surface area is 145 Å². The zero-order chi connectivity index (χ0) is 17.3. The first-order valence-electron chi connectivity index (χ1n) is 9.53. The molecule has 0 aromatic carbocycles. The Kier molecular flexibility index (Phi) is 3.53. The Morgan fingerprint density at radius 1 is 1.08 bits per heavy atom. The molecule has 0 amide bonds. The molecule has 0 aliphatic heterocycles. The van der Waals surface area contributed by atoms with Gasteiger partial charge in [-0.05, 0) is 68.1 Å². The Balaban J connectivity index is 1.75. The number of fused-ring (bicyclic) bond motifs is 5. The summed E-state index contributed by atoms with van der Waals surface area (Å²) in [5.41, 5.74) is 0.0145. The van der Waals surface area contributed by atoms with E-state index in [1.807, 2.05) is 6.08 Å². The number of aliphatic hydroxyl groups excluding tert-OH is 2. The van der Waals surface area contributed by atoms with Crippen LogP contribution >= 0.6 is 0 Å². The first kappa shape index (κ1) is 16.6. The number of hydrogen-bond acceptors (Lipinski definition) is 3. The van der Waals surface area contributed by atoms with Gasteiger partial charge in [0.25, 0.3) is 0 Å². The molecule has 3 N–H and O–H groups in total. The third-order valence-corrected chi connectivity index (χ3v) is 8.49. The highest BCUT2D eigenvalue weighted by molar-refractivity contribution is 5.30. The smallest absolute Gasteiger partial charge is 0.130 e. The highest BCUT2D eigenvalue weighted by Crippen LogP contribution is 2.66. The van der Waals surface area contributed by atoms with Gasteiger partial charge in [-0.15, -0.1) is 6.42 Å². The molecule has 1 unspecified atom stereocenters. The predicted molar refractivity (Wildman–Crippen MR) is 92.9 cm³/mol. The summed E-state index contributed by atoms with van der Waals surface area (Å²) in [6, 6.07) is 0. The molecular weight excluding hydrogens is 300 g/mol. The normalized spacial score (nSPS) is 56.5. The maximum Gasteiger partial charge on any atom is 0.130 e. The van der Waals surface area contributed by atoms with Crippen LogP contribution in [0.25, 0.3) is 0 Å². The lowest BCUT2D eigenvalue weighted by Gasteiger charge is -2.59. The fourth-order valence-electron chi connectivity index (χ4n) is 6.88. The molecule has 0 radical (unpaired) electrons.